The van der Waals surface area contributed by atoms with Crippen molar-refractivity contribution >= 4 is 34.8 Å². The number of benzene rings is 2. The van der Waals surface area contributed by atoms with Gasteiger partial charge in [-0.3, -0.25) is 9.59 Å². The van der Waals surface area contributed by atoms with E-state index < -0.39 is 5.92 Å². The lowest BCUT2D eigenvalue weighted by Gasteiger charge is -2.20. The molecule has 0 saturated carbocycles. The molecule has 0 aromatic heterocycles. The number of methoxy groups -OCH3 is 1. The average molecular weight is 401 g/mol. The van der Waals surface area contributed by atoms with Crippen LogP contribution < -0.4 is 15.0 Å². The van der Waals surface area contributed by atoms with Gasteiger partial charge in [-0.1, -0.05) is 43.6 Å². The number of hydrogen-bond donors (Lipinski definition) is 1. The van der Waals surface area contributed by atoms with Crippen LogP contribution in [0, 0.1) is 5.92 Å². The number of ether oxygens (including phenoxy) is 1. The summed E-state index contributed by atoms with van der Waals surface area (Å²) in [5.41, 5.74) is 3.68. The van der Waals surface area contributed by atoms with Crippen molar-refractivity contribution in [1.82, 2.24) is 0 Å². The third-order valence-corrected chi connectivity index (χ3v) is 5.41. The maximum absolute atomic E-state index is 12.9. The van der Waals surface area contributed by atoms with Gasteiger partial charge in [0.1, 0.15) is 5.75 Å². The van der Waals surface area contributed by atoms with Crippen LogP contribution in [0.4, 0.5) is 11.4 Å². The van der Waals surface area contributed by atoms with E-state index >= 15 is 0 Å². The molecule has 2 aromatic rings. The van der Waals surface area contributed by atoms with Gasteiger partial charge < -0.3 is 15.0 Å². The first-order valence-corrected chi connectivity index (χ1v) is 9.91. The van der Waals surface area contributed by atoms with Gasteiger partial charge in [0.05, 0.1) is 18.7 Å². The van der Waals surface area contributed by atoms with Crippen LogP contribution in [0.1, 0.15) is 31.4 Å². The number of hydrogen-bond acceptors (Lipinski definition) is 3. The molecule has 0 aliphatic carbocycles. The maximum Gasteiger partial charge on any atom is 0.229 e. The molecule has 28 heavy (non-hydrogen) atoms. The molecule has 148 valence electrons. The fourth-order valence-corrected chi connectivity index (χ4v) is 3.78. The first-order chi connectivity index (χ1) is 13.5. The van der Waals surface area contributed by atoms with E-state index in [0.29, 0.717) is 23.0 Å². The summed E-state index contributed by atoms with van der Waals surface area (Å²) in [6.07, 6.45) is 1.83. The van der Waals surface area contributed by atoms with Crippen molar-refractivity contribution in [3.8, 4) is 5.75 Å². The number of nitrogens with one attached hydrogen (secondary N) is 1. The summed E-state index contributed by atoms with van der Waals surface area (Å²) in [6.45, 7) is 4.43. The number of para-hydroxylation sites is 1. The van der Waals surface area contributed by atoms with E-state index in [-0.39, 0.29) is 18.2 Å². The largest absolute Gasteiger partial charge is 0.495 e. The minimum Gasteiger partial charge on any atom is -0.495 e. The van der Waals surface area contributed by atoms with Crippen LogP contribution in [0.3, 0.4) is 0 Å². The lowest BCUT2D eigenvalue weighted by molar-refractivity contribution is -0.122. The molecular weight excluding hydrogens is 376 g/mol. The monoisotopic (exact) mass is 400 g/mol. The highest BCUT2D eigenvalue weighted by molar-refractivity contribution is 6.31. The standard InChI is InChI=1S/C22H25ClN2O3/c1-4-14-7-6-8-15(5-2)21(14)24-22(27)16-11-20(26)25(13-16)18-12-17(23)9-10-19(18)28-3/h6-10,12,16H,4-5,11,13H2,1-3H3,(H,24,27)/t16-/m1/s1. The van der Waals surface area contributed by atoms with Gasteiger partial charge in [-0.05, 0) is 42.2 Å². The van der Waals surface area contributed by atoms with Crippen molar-refractivity contribution in [1.29, 1.82) is 0 Å². The van der Waals surface area contributed by atoms with Crippen molar-refractivity contribution in [3.05, 3.63) is 52.5 Å². The van der Waals surface area contributed by atoms with Crippen molar-refractivity contribution in [2.45, 2.75) is 33.1 Å². The Morgan fingerprint density at radius 1 is 1.21 bits per heavy atom. The Hall–Kier alpha value is -2.53. The molecule has 5 nitrogen and oxygen atoms in total. The SMILES string of the molecule is CCc1cccc(CC)c1NC(=O)[C@@H]1CC(=O)N(c2cc(Cl)ccc2OC)C1. The van der Waals surface area contributed by atoms with Crippen molar-refractivity contribution in [2.24, 2.45) is 5.92 Å². The summed E-state index contributed by atoms with van der Waals surface area (Å²) in [6, 6.07) is 11.2. The minimum absolute atomic E-state index is 0.111. The first-order valence-electron chi connectivity index (χ1n) is 9.54. The van der Waals surface area contributed by atoms with Crippen LogP contribution >= 0.6 is 11.6 Å². The smallest absolute Gasteiger partial charge is 0.229 e. The predicted octanol–water partition coefficient (Wildman–Crippen LogP) is 4.47. The second kappa shape index (κ2) is 8.65. The number of amides is 2. The zero-order valence-corrected chi connectivity index (χ0v) is 17.2. The molecule has 1 saturated heterocycles. The molecule has 0 spiro atoms. The van der Waals surface area contributed by atoms with Gasteiger partial charge in [0.2, 0.25) is 11.8 Å². The van der Waals surface area contributed by atoms with E-state index in [0.717, 1.165) is 29.7 Å². The zero-order valence-electron chi connectivity index (χ0n) is 16.4. The zero-order chi connectivity index (χ0) is 20.3. The number of rotatable bonds is 6. The van der Waals surface area contributed by atoms with Crippen molar-refractivity contribution in [2.75, 3.05) is 23.9 Å². The van der Waals surface area contributed by atoms with Gasteiger partial charge in [-0.2, -0.15) is 0 Å². The van der Waals surface area contributed by atoms with E-state index in [9.17, 15) is 9.59 Å². The first kappa shape index (κ1) is 20.2. The Bertz CT molecular complexity index is 875. The van der Waals surface area contributed by atoms with Crippen LogP contribution in [0.25, 0.3) is 0 Å². The summed E-state index contributed by atoms with van der Waals surface area (Å²) in [7, 11) is 1.55. The van der Waals surface area contributed by atoms with Crippen LogP contribution in [0.2, 0.25) is 5.02 Å². The average Bonchev–Trinajstić information content (AvgIpc) is 3.09. The quantitative estimate of drug-likeness (QED) is 0.778. The van der Waals surface area contributed by atoms with Crippen LogP contribution in [-0.2, 0) is 22.4 Å². The number of anilines is 2. The van der Waals surface area contributed by atoms with Crippen molar-refractivity contribution < 1.29 is 14.3 Å². The fourth-order valence-electron chi connectivity index (χ4n) is 3.62. The highest BCUT2D eigenvalue weighted by Crippen LogP contribution is 2.35. The van der Waals surface area contributed by atoms with Crippen molar-refractivity contribution in [3.63, 3.8) is 0 Å². The Labute approximate surface area is 170 Å². The summed E-state index contributed by atoms with van der Waals surface area (Å²) < 4.78 is 5.36. The third-order valence-electron chi connectivity index (χ3n) is 5.17. The number of aryl methyl sites for hydroxylation is 2. The molecule has 6 heteroatoms. The molecule has 0 bridgehead atoms. The summed E-state index contributed by atoms with van der Waals surface area (Å²) >= 11 is 6.10. The Kier molecular flexibility index (Phi) is 6.25. The molecule has 0 radical (unpaired) electrons. The second-order valence-electron chi connectivity index (χ2n) is 6.87. The molecule has 1 N–H and O–H groups in total. The topological polar surface area (TPSA) is 58.6 Å². The van der Waals surface area contributed by atoms with Gasteiger partial charge in [-0.15, -0.1) is 0 Å². The highest BCUT2D eigenvalue weighted by Gasteiger charge is 2.36. The summed E-state index contributed by atoms with van der Waals surface area (Å²) in [5, 5.41) is 3.60. The molecule has 1 atom stereocenters. The molecule has 1 aliphatic heterocycles. The van der Waals surface area contributed by atoms with E-state index in [1.165, 1.54) is 0 Å². The molecule has 1 aliphatic rings. The van der Waals surface area contributed by atoms with E-state index in [1.54, 1.807) is 30.2 Å². The summed E-state index contributed by atoms with van der Waals surface area (Å²) in [5.74, 6) is -0.109. The molecule has 2 aromatic carbocycles. The molecule has 1 fully saturated rings. The van der Waals surface area contributed by atoms with E-state index in [2.05, 4.69) is 19.2 Å². The number of carbonyl (C=O) groups is 2. The molecular formula is C22H25ClN2O3. The lowest BCUT2D eigenvalue weighted by Crippen LogP contribution is -2.29. The predicted molar refractivity (Wildman–Crippen MR) is 112 cm³/mol. The Morgan fingerprint density at radius 3 is 2.50 bits per heavy atom. The number of carbonyl (C=O) groups excluding carboxylic acids is 2. The van der Waals surface area contributed by atoms with E-state index in [4.69, 9.17) is 16.3 Å². The fraction of sp³-hybridized carbons (Fsp3) is 0.364. The Balaban J connectivity index is 1.81. The van der Waals surface area contributed by atoms with Crippen LogP contribution in [0.5, 0.6) is 5.75 Å². The molecule has 1 heterocycles. The molecule has 3 rings (SSSR count). The van der Waals surface area contributed by atoms with Gasteiger partial charge >= 0.3 is 0 Å². The summed E-state index contributed by atoms with van der Waals surface area (Å²) in [4.78, 5) is 27.1. The number of nitrogens with zero attached hydrogens (tertiary/aromatic N) is 1. The second-order valence-corrected chi connectivity index (χ2v) is 7.31. The lowest BCUT2D eigenvalue weighted by atomic mass is 10.0. The van der Waals surface area contributed by atoms with Gasteiger partial charge in [0, 0.05) is 23.7 Å². The van der Waals surface area contributed by atoms with Gasteiger partial charge in [-0.25, -0.2) is 0 Å². The normalized spacial score (nSPS) is 16.4. The van der Waals surface area contributed by atoms with E-state index in [1.807, 2.05) is 18.2 Å². The van der Waals surface area contributed by atoms with Gasteiger partial charge in [0.15, 0.2) is 0 Å². The minimum atomic E-state index is -0.425. The maximum atomic E-state index is 12.9. The Morgan fingerprint density at radius 2 is 1.89 bits per heavy atom. The highest BCUT2D eigenvalue weighted by atomic mass is 35.5. The van der Waals surface area contributed by atoms with Crippen LogP contribution in [-0.4, -0.2) is 25.5 Å². The van der Waals surface area contributed by atoms with Crippen LogP contribution in [0.15, 0.2) is 36.4 Å². The molecule has 0 unspecified atom stereocenters. The molecule has 2 amide bonds. The van der Waals surface area contributed by atoms with Gasteiger partial charge in [0.25, 0.3) is 0 Å². The number of halogens is 1. The third kappa shape index (κ3) is 3.99.